The maximum Gasteiger partial charge on any atom is 0.408 e. The summed E-state index contributed by atoms with van der Waals surface area (Å²) in [6, 6.07) is 4.03. The molecule has 2 heterocycles. The first-order chi connectivity index (χ1) is 22.3. The molecule has 0 aromatic heterocycles. The van der Waals surface area contributed by atoms with Crippen molar-refractivity contribution in [2.24, 2.45) is 10.6 Å². The number of halogens is 1. The molecule has 4 amide bonds. The number of rotatable bonds is 11. The Morgan fingerprint density at radius 1 is 1.11 bits per heavy atom. The van der Waals surface area contributed by atoms with Crippen LogP contribution in [0.5, 0.6) is 0 Å². The summed E-state index contributed by atoms with van der Waals surface area (Å²) in [4.78, 5) is 74.7. The van der Waals surface area contributed by atoms with Gasteiger partial charge in [-0.3, -0.25) is 19.2 Å². The number of hydrogen-bond donors (Lipinski definition) is 3. The van der Waals surface area contributed by atoms with Crippen molar-refractivity contribution in [1.29, 1.82) is 0 Å². The summed E-state index contributed by atoms with van der Waals surface area (Å²) in [6.45, 7) is 7.35. The van der Waals surface area contributed by atoms with Crippen molar-refractivity contribution in [2.75, 3.05) is 6.54 Å². The van der Waals surface area contributed by atoms with Gasteiger partial charge < -0.3 is 30.4 Å². The van der Waals surface area contributed by atoms with Gasteiger partial charge in [-0.1, -0.05) is 63.0 Å². The van der Waals surface area contributed by atoms with Gasteiger partial charge in [0.15, 0.2) is 5.60 Å². The first kappa shape index (κ1) is 34.7. The Bertz CT molecular complexity index is 1420. The summed E-state index contributed by atoms with van der Waals surface area (Å²) in [5.41, 5.74) is -0.388. The number of alkyl carbamates (subject to hydrolysis) is 1. The Labute approximate surface area is 280 Å². The van der Waals surface area contributed by atoms with Crippen LogP contribution in [-0.2, 0) is 28.8 Å². The molecular formula is C34H46ClN5O7. The lowest BCUT2D eigenvalue weighted by Gasteiger charge is -2.35. The zero-order valence-electron chi connectivity index (χ0n) is 27.6. The van der Waals surface area contributed by atoms with Crippen LogP contribution in [0.25, 0.3) is 0 Å². The maximum absolute atomic E-state index is 14.4. The lowest BCUT2D eigenvalue weighted by molar-refractivity contribution is -0.144. The number of carbonyl (C=O) groups excluding carboxylic acids is 5. The van der Waals surface area contributed by atoms with Crippen LogP contribution >= 0.6 is 11.6 Å². The molecule has 5 rings (SSSR count). The number of ether oxygens (including phenoxy) is 1. The molecule has 0 bridgehead atoms. The van der Waals surface area contributed by atoms with Crippen molar-refractivity contribution in [2.45, 2.75) is 128 Å². The normalized spacial score (nSPS) is 23.9. The number of likely N-dealkylation sites (tertiary alicyclic amines) is 1. The summed E-state index contributed by atoms with van der Waals surface area (Å²) >= 11 is 6.23. The van der Waals surface area contributed by atoms with Gasteiger partial charge in [0.2, 0.25) is 17.6 Å². The SMILES string of the molecule is CCC[C@H](NC(=O)[C@@H]1C[C@]2(CC(c3cccc(Cl)c3)=NO2)CN1C(=O)[C@@H](NC(=O)OC1CCCC1)C(C)(C)C)C(=O)C(=O)NC1CC1. The first-order valence-electron chi connectivity index (χ1n) is 16.7. The van der Waals surface area contributed by atoms with Crippen LogP contribution in [0.2, 0.25) is 5.02 Å². The van der Waals surface area contributed by atoms with E-state index in [0.717, 1.165) is 44.1 Å². The van der Waals surface area contributed by atoms with Gasteiger partial charge >= 0.3 is 6.09 Å². The molecule has 256 valence electrons. The quantitative estimate of drug-likeness (QED) is 0.300. The molecule has 1 spiro atoms. The zero-order chi connectivity index (χ0) is 33.9. The standard InChI is InChI=1S/C34H46ClN5O7/c1-5-9-24(27(41)30(43)36-22-14-15-22)37-29(42)26-18-34(17-25(39-47-34)20-10-8-11-21(35)16-20)19-40(26)31(44)28(33(2,3)4)38-32(45)46-23-12-6-7-13-23/h8,10-11,16,22-24,26,28H,5-7,9,12-15,17-19H2,1-4H3,(H,36,43)(H,37,42)(H,38,45)/t24-,26-,28+,34+/m0/s1. The van der Waals surface area contributed by atoms with E-state index < -0.39 is 58.7 Å². The molecule has 0 radical (unpaired) electrons. The predicted octanol–water partition coefficient (Wildman–Crippen LogP) is 4.02. The van der Waals surface area contributed by atoms with Crippen LogP contribution < -0.4 is 16.0 Å². The van der Waals surface area contributed by atoms with E-state index >= 15 is 0 Å². The first-order valence-corrected chi connectivity index (χ1v) is 17.1. The minimum Gasteiger partial charge on any atom is -0.446 e. The monoisotopic (exact) mass is 671 g/mol. The molecule has 3 N–H and O–H groups in total. The Morgan fingerprint density at radius 3 is 2.47 bits per heavy atom. The van der Waals surface area contributed by atoms with Crippen LogP contribution in [-0.4, -0.2) is 82.6 Å². The topological polar surface area (TPSA) is 156 Å². The van der Waals surface area contributed by atoms with Crippen molar-refractivity contribution in [3.8, 4) is 0 Å². The van der Waals surface area contributed by atoms with Crippen LogP contribution in [0.3, 0.4) is 0 Å². The summed E-state index contributed by atoms with van der Waals surface area (Å²) in [7, 11) is 0. The van der Waals surface area contributed by atoms with Crippen molar-refractivity contribution in [3.63, 3.8) is 0 Å². The highest BCUT2D eigenvalue weighted by molar-refractivity contribution is 6.38. The molecule has 0 unspecified atom stereocenters. The summed E-state index contributed by atoms with van der Waals surface area (Å²) in [6.07, 6.45) is 5.48. The second-order valence-electron chi connectivity index (χ2n) is 14.4. The minimum absolute atomic E-state index is 0.0115. The number of carbonyl (C=O) groups is 5. The van der Waals surface area contributed by atoms with Gasteiger partial charge in [0.05, 0.1) is 18.3 Å². The Kier molecular flexibility index (Phi) is 10.5. The molecule has 13 heteroatoms. The smallest absolute Gasteiger partial charge is 0.408 e. The van der Waals surface area contributed by atoms with E-state index in [9.17, 15) is 24.0 Å². The van der Waals surface area contributed by atoms with Crippen molar-refractivity contribution in [1.82, 2.24) is 20.9 Å². The Morgan fingerprint density at radius 2 is 1.83 bits per heavy atom. The molecule has 4 atom stereocenters. The molecule has 47 heavy (non-hydrogen) atoms. The third-order valence-electron chi connectivity index (χ3n) is 9.28. The average Bonchev–Trinajstić information content (AvgIpc) is 3.37. The van der Waals surface area contributed by atoms with Crippen LogP contribution in [0.1, 0.15) is 97.5 Å². The molecule has 4 aliphatic rings. The van der Waals surface area contributed by atoms with E-state index in [0.29, 0.717) is 23.6 Å². The molecule has 2 saturated carbocycles. The highest BCUT2D eigenvalue weighted by atomic mass is 35.5. The molecule has 2 aliphatic carbocycles. The van der Waals surface area contributed by atoms with Crippen LogP contribution in [0, 0.1) is 5.41 Å². The Hall–Kier alpha value is -3.67. The van der Waals surface area contributed by atoms with E-state index in [1.165, 1.54) is 4.90 Å². The van der Waals surface area contributed by atoms with Crippen molar-refractivity contribution in [3.05, 3.63) is 34.9 Å². The fourth-order valence-corrected chi connectivity index (χ4v) is 6.73. The largest absolute Gasteiger partial charge is 0.446 e. The number of benzene rings is 1. The van der Waals surface area contributed by atoms with Gasteiger partial charge in [0.1, 0.15) is 18.2 Å². The predicted molar refractivity (Wildman–Crippen MR) is 175 cm³/mol. The van der Waals surface area contributed by atoms with E-state index in [1.54, 1.807) is 18.2 Å². The van der Waals surface area contributed by atoms with Crippen molar-refractivity contribution >= 4 is 46.9 Å². The molecule has 12 nitrogen and oxygen atoms in total. The second kappa shape index (κ2) is 14.2. The van der Waals surface area contributed by atoms with Gasteiger partial charge in [-0.05, 0) is 62.5 Å². The highest BCUT2D eigenvalue weighted by Gasteiger charge is 2.56. The summed E-state index contributed by atoms with van der Waals surface area (Å²) < 4.78 is 5.62. The molecule has 1 aromatic rings. The third kappa shape index (κ3) is 8.44. The zero-order valence-corrected chi connectivity index (χ0v) is 28.4. The van der Waals surface area contributed by atoms with E-state index in [4.69, 9.17) is 21.2 Å². The average molecular weight is 672 g/mol. The number of oxime groups is 1. The Balaban J connectivity index is 1.38. The lowest BCUT2D eigenvalue weighted by Crippen LogP contribution is -2.59. The van der Waals surface area contributed by atoms with Crippen LogP contribution in [0.4, 0.5) is 4.79 Å². The molecular weight excluding hydrogens is 626 g/mol. The molecule has 1 saturated heterocycles. The van der Waals surface area contributed by atoms with Gasteiger partial charge in [0.25, 0.3) is 5.91 Å². The number of amides is 4. The number of ketones is 1. The van der Waals surface area contributed by atoms with Crippen molar-refractivity contribution < 1.29 is 33.5 Å². The summed E-state index contributed by atoms with van der Waals surface area (Å²) in [5.74, 6) is -2.51. The number of nitrogens with one attached hydrogen (secondary N) is 3. The molecule has 3 fully saturated rings. The number of nitrogens with zero attached hydrogens (tertiary/aromatic N) is 2. The number of Topliss-reactive ketones (excluding diaryl/α,β-unsaturated/α-hetero) is 1. The lowest BCUT2D eigenvalue weighted by atomic mass is 9.85. The molecule has 2 aliphatic heterocycles. The van der Waals surface area contributed by atoms with E-state index in [-0.39, 0.29) is 31.5 Å². The third-order valence-corrected chi connectivity index (χ3v) is 9.52. The van der Waals surface area contributed by atoms with Gasteiger partial charge in [-0.25, -0.2) is 4.79 Å². The summed E-state index contributed by atoms with van der Waals surface area (Å²) in [5, 5.41) is 13.1. The maximum atomic E-state index is 14.4. The minimum atomic E-state index is -1.06. The fourth-order valence-electron chi connectivity index (χ4n) is 6.54. The van der Waals surface area contributed by atoms with Gasteiger partial charge in [0, 0.05) is 29.5 Å². The van der Waals surface area contributed by atoms with Gasteiger partial charge in [-0.2, -0.15) is 0 Å². The second-order valence-corrected chi connectivity index (χ2v) is 14.8. The van der Waals surface area contributed by atoms with Crippen LogP contribution in [0.15, 0.2) is 29.4 Å². The number of hydrogen-bond acceptors (Lipinski definition) is 8. The van der Waals surface area contributed by atoms with E-state index in [2.05, 4.69) is 21.1 Å². The fraction of sp³-hybridized carbons (Fsp3) is 0.647. The van der Waals surface area contributed by atoms with Gasteiger partial charge in [-0.15, -0.1) is 0 Å². The van der Waals surface area contributed by atoms with E-state index in [1.807, 2.05) is 33.8 Å². The molecule has 1 aromatic carbocycles. The highest BCUT2D eigenvalue weighted by Crippen LogP contribution is 2.40.